The summed E-state index contributed by atoms with van der Waals surface area (Å²) in [5.74, 6) is 0.0624. The Morgan fingerprint density at radius 3 is 2.12 bits per heavy atom. The second kappa shape index (κ2) is 10.1. The van der Waals surface area contributed by atoms with E-state index in [1.54, 1.807) is 30.3 Å². The fraction of sp³-hybridized carbons (Fsp3) is 0.200. The number of hydrogen-bond donors (Lipinski definition) is 3. The van der Waals surface area contributed by atoms with E-state index in [-0.39, 0.29) is 15.9 Å². The van der Waals surface area contributed by atoms with Gasteiger partial charge in [0.2, 0.25) is 0 Å². The highest BCUT2D eigenvalue weighted by molar-refractivity contribution is 7.92. The summed E-state index contributed by atoms with van der Waals surface area (Å²) in [6, 6.07) is 19.0. The minimum Gasteiger partial charge on any atom is -0.332 e. The van der Waals surface area contributed by atoms with E-state index in [2.05, 4.69) is 29.2 Å². The van der Waals surface area contributed by atoms with Crippen LogP contribution in [-0.4, -0.2) is 19.4 Å². The minimum atomic E-state index is -3.74. The predicted octanol–water partition coefficient (Wildman–Crippen LogP) is 5.35. The molecule has 0 aliphatic carbocycles. The summed E-state index contributed by atoms with van der Waals surface area (Å²) in [4.78, 5) is 12.5. The molecule has 0 aliphatic rings. The molecule has 0 saturated heterocycles. The highest BCUT2D eigenvalue weighted by atomic mass is 32.2. The van der Waals surface area contributed by atoms with Crippen molar-refractivity contribution in [1.29, 1.82) is 0 Å². The number of amides is 1. The molecule has 0 spiro atoms. The Hall–Kier alpha value is -3.23. The van der Waals surface area contributed by atoms with E-state index >= 15 is 0 Å². The van der Waals surface area contributed by atoms with Crippen LogP contribution in [0.25, 0.3) is 0 Å². The molecular formula is C25H27N3O3S2. The van der Waals surface area contributed by atoms with Gasteiger partial charge in [-0.1, -0.05) is 43.7 Å². The third kappa shape index (κ3) is 6.40. The zero-order valence-electron chi connectivity index (χ0n) is 19.0. The van der Waals surface area contributed by atoms with Crippen LogP contribution in [0.2, 0.25) is 0 Å². The van der Waals surface area contributed by atoms with E-state index in [9.17, 15) is 13.2 Å². The fourth-order valence-corrected chi connectivity index (χ4v) is 4.55. The molecule has 6 nitrogen and oxygen atoms in total. The average molecular weight is 482 g/mol. The Morgan fingerprint density at radius 1 is 0.909 bits per heavy atom. The maximum atomic E-state index is 12.7. The highest BCUT2D eigenvalue weighted by Crippen LogP contribution is 2.22. The Labute approximate surface area is 200 Å². The van der Waals surface area contributed by atoms with Gasteiger partial charge in [-0.3, -0.25) is 14.8 Å². The number of anilines is 2. The molecule has 0 fully saturated rings. The molecule has 0 radical (unpaired) electrons. The number of nitrogens with one attached hydrogen (secondary N) is 3. The molecule has 8 heteroatoms. The first-order chi connectivity index (χ1) is 15.5. The first-order valence-corrected chi connectivity index (χ1v) is 12.4. The van der Waals surface area contributed by atoms with Crippen molar-refractivity contribution >= 4 is 44.6 Å². The fourth-order valence-electron chi connectivity index (χ4n) is 3.21. The third-order valence-corrected chi connectivity index (χ3v) is 6.70. The molecule has 1 amide bonds. The van der Waals surface area contributed by atoms with Gasteiger partial charge in [0.1, 0.15) is 0 Å². The van der Waals surface area contributed by atoms with E-state index in [1.165, 1.54) is 12.1 Å². The molecule has 3 aromatic carbocycles. The van der Waals surface area contributed by atoms with E-state index in [0.29, 0.717) is 22.9 Å². The Bertz CT molecular complexity index is 1270. The Morgan fingerprint density at radius 2 is 1.55 bits per heavy atom. The Kier molecular flexibility index (Phi) is 7.50. The SMILES string of the molecule is Cc1ccc(NS(=O)(=O)c2ccc(NC(=S)NC(=O)c3ccc(C(C)C)cc3)cc2)c(C)c1. The average Bonchev–Trinajstić information content (AvgIpc) is 2.76. The lowest BCUT2D eigenvalue weighted by molar-refractivity contribution is 0.0977. The molecule has 172 valence electrons. The van der Waals surface area contributed by atoms with Crippen molar-refractivity contribution in [2.24, 2.45) is 0 Å². The van der Waals surface area contributed by atoms with E-state index in [1.807, 2.05) is 38.1 Å². The smallest absolute Gasteiger partial charge is 0.261 e. The standard InChI is InChI=1S/C25H27N3O3S2/c1-16(2)19-6-8-20(9-7-19)24(29)27-25(32)26-21-10-12-22(13-11-21)33(30,31)28-23-14-5-17(3)15-18(23)4/h5-16,28H,1-4H3,(H2,26,27,29,32). The molecule has 0 atom stereocenters. The molecule has 0 aromatic heterocycles. The summed E-state index contributed by atoms with van der Waals surface area (Å²) in [6.45, 7) is 7.98. The van der Waals surface area contributed by atoms with Crippen LogP contribution in [0.4, 0.5) is 11.4 Å². The van der Waals surface area contributed by atoms with E-state index < -0.39 is 10.0 Å². The second-order valence-corrected chi connectivity index (χ2v) is 10.2. The van der Waals surface area contributed by atoms with Crippen LogP contribution in [0.15, 0.2) is 71.6 Å². The largest absolute Gasteiger partial charge is 0.332 e. The quantitative estimate of drug-likeness (QED) is 0.413. The van der Waals surface area contributed by atoms with E-state index in [0.717, 1.165) is 16.7 Å². The zero-order chi connectivity index (χ0) is 24.2. The van der Waals surface area contributed by atoms with Gasteiger partial charge in [-0.05, 0) is 85.6 Å². The number of aryl methyl sites for hydroxylation is 2. The summed E-state index contributed by atoms with van der Waals surface area (Å²) in [6.07, 6.45) is 0. The normalized spacial score (nSPS) is 11.2. The van der Waals surface area contributed by atoms with Gasteiger partial charge in [-0.25, -0.2) is 8.42 Å². The number of benzene rings is 3. The predicted molar refractivity (Wildman–Crippen MR) is 137 cm³/mol. The van der Waals surface area contributed by atoms with Crippen LogP contribution in [0.3, 0.4) is 0 Å². The first kappa shape index (κ1) is 24.4. The van der Waals surface area contributed by atoms with Gasteiger partial charge >= 0.3 is 0 Å². The minimum absolute atomic E-state index is 0.119. The van der Waals surface area contributed by atoms with Gasteiger partial charge < -0.3 is 5.32 Å². The Balaban J connectivity index is 1.62. The van der Waals surface area contributed by atoms with Gasteiger partial charge in [-0.15, -0.1) is 0 Å². The van der Waals surface area contributed by atoms with Crippen molar-refractivity contribution in [1.82, 2.24) is 5.32 Å². The molecule has 0 aliphatic heterocycles. The van der Waals surface area contributed by atoms with Crippen molar-refractivity contribution in [3.05, 3.63) is 89.0 Å². The van der Waals surface area contributed by atoms with Crippen LogP contribution in [0.1, 0.15) is 46.8 Å². The molecule has 0 unspecified atom stereocenters. The molecule has 0 bridgehead atoms. The molecule has 0 heterocycles. The zero-order valence-corrected chi connectivity index (χ0v) is 20.6. The topological polar surface area (TPSA) is 87.3 Å². The monoisotopic (exact) mass is 481 g/mol. The van der Waals surface area contributed by atoms with Crippen molar-refractivity contribution in [3.8, 4) is 0 Å². The number of sulfonamides is 1. The highest BCUT2D eigenvalue weighted by Gasteiger charge is 2.16. The number of carbonyl (C=O) groups is 1. The second-order valence-electron chi connectivity index (χ2n) is 8.13. The van der Waals surface area contributed by atoms with Gasteiger partial charge in [0.05, 0.1) is 10.6 Å². The van der Waals surface area contributed by atoms with Crippen molar-refractivity contribution in [2.45, 2.75) is 38.5 Å². The summed E-state index contributed by atoms with van der Waals surface area (Å²) >= 11 is 5.22. The van der Waals surface area contributed by atoms with Crippen LogP contribution in [-0.2, 0) is 10.0 Å². The molecule has 0 saturated carbocycles. The summed E-state index contributed by atoms with van der Waals surface area (Å²) in [7, 11) is -3.74. The van der Waals surface area contributed by atoms with Gasteiger partial charge in [0.15, 0.2) is 5.11 Å². The maximum absolute atomic E-state index is 12.7. The van der Waals surface area contributed by atoms with Crippen LogP contribution in [0.5, 0.6) is 0 Å². The number of rotatable bonds is 6. The maximum Gasteiger partial charge on any atom is 0.261 e. The number of carbonyl (C=O) groups excluding carboxylic acids is 1. The third-order valence-electron chi connectivity index (χ3n) is 5.12. The summed E-state index contributed by atoms with van der Waals surface area (Å²) < 4.78 is 28.1. The number of thiocarbonyl (C=S) groups is 1. The summed E-state index contributed by atoms with van der Waals surface area (Å²) in [5.41, 5.74) is 4.64. The summed E-state index contributed by atoms with van der Waals surface area (Å²) in [5, 5.41) is 5.65. The molecule has 3 N–H and O–H groups in total. The van der Waals surface area contributed by atoms with Crippen LogP contribution < -0.4 is 15.4 Å². The number of hydrogen-bond acceptors (Lipinski definition) is 4. The van der Waals surface area contributed by atoms with Crippen molar-refractivity contribution < 1.29 is 13.2 Å². The first-order valence-electron chi connectivity index (χ1n) is 10.5. The van der Waals surface area contributed by atoms with E-state index in [4.69, 9.17) is 12.2 Å². The lowest BCUT2D eigenvalue weighted by atomic mass is 10.0. The molecular weight excluding hydrogens is 454 g/mol. The lowest BCUT2D eigenvalue weighted by Gasteiger charge is -2.13. The van der Waals surface area contributed by atoms with Gasteiger partial charge in [-0.2, -0.15) is 0 Å². The molecule has 3 aromatic rings. The molecule has 3 rings (SSSR count). The van der Waals surface area contributed by atoms with Crippen LogP contribution >= 0.6 is 12.2 Å². The van der Waals surface area contributed by atoms with Crippen LogP contribution in [0, 0.1) is 13.8 Å². The van der Waals surface area contributed by atoms with Crippen molar-refractivity contribution in [3.63, 3.8) is 0 Å². The van der Waals surface area contributed by atoms with Crippen molar-refractivity contribution in [2.75, 3.05) is 10.0 Å². The molecule has 33 heavy (non-hydrogen) atoms. The lowest BCUT2D eigenvalue weighted by Crippen LogP contribution is -2.34. The van der Waals surface area contributed by atoms with Gasteiger partial charge in [0, 0.05) is 11.3 Å². The van der Waals surface area contributed by atoms with Gasteiger partial charge in [0.25, 0.3) is 15.9 Å².